The number of aliphatic imine (C=N–C) groups is 1. The summed E-state index contributed by atoms with van der Waals surface area (Å²) < 4.78 is 40.3. The lowest BCUT2D eigenvalue weighted by Gasteiger charge is -2.13. The molecule has 7 nitrogen and oxygen atoms in total. The highest BCUT2D eigenvalue weighted by atomic mass is 35.5. The van der Waals surface area contributed by atoms with Gasteiger partial charge >= 0.3 is 6.18 Å². The summed E-state index contributed by atoms with van der Waals surface area (Å²) in [6.07, 6.45) is -2.74. The molecule has 2 heterocycles. The van der Waals surface area contributed by atoms with Gasteiger partial charge in [-0.3, -0.25) is 15.2 Å². The van der Waals surface area contributed by atoms with Gasteiger partial charge in [-0.1, -0.05) is 29.8 Å². The summed E-state index contributed by atoms with van der Waals surface area (Å²) in [5.74, 6) is 0. The van der Waals surface area contributed by atoms with E-state index >= 15 is 0 Å². The van der Waals surface area contributed by atoms with Gasteiger partial charge in [-0.15, -0.1) is 0 Å². The normalized spacial score (nSPS) is 14.0. The van der Waals surface area contributed by atoms with Crippen molar-refractivity contribution in [3.8, 4) is 0 Å². The summed E-state index contributed by atoms with van der Waals surface area (Å²) in [6.45, 7) is 0. The van der Waals surface area contributed by atoms with Gasteiger partial charge in [0.05, 0.1) is 27.9 Å². The van der Waals surface area contributed by atoms with Crippen molar-refractivity contribution in [2.24, 2.45) is 4.99 Å². The van der Waals surface area contributed by atoms with Crippen LogP contribution in [0.25, 0.3) is 10.9 Å². The van der Waals surface area contributed by atoms with E-state index in [1.165, 1.54) is 18.3 Å². The predicted octanol–water partition coefficient (Wildman–Crippen LogP) is 4.79. The van der Waals surface area contributed by atoms with E-state index in [1.54, 1.807) is 12.1 Å². The highest BCUT2D eigenvalue weighted by Gasteiger charge is 2.37. The van der Waals surface area contributed by atoms with Crippen LogP contribution in [0.5, 0.6) is 0 Å². The molecule has 4 rings (SSSR count). The van der Waals surface area contributed by atoms with E-state index in [9.17, 15) is 23.3 Å². The van der Waals surface area contributed by atoms with Crippen LogP contribution >= 0.6 is 11.6 Å². The van der Waals surface area contributed by atoms with Gasteiger partial charge in [0.1, 0.15) is 5.52 Å². The SMILES string of the molecule is O=[N+]([O-])c1cc2c(c3cn[nH]c13)NC=C(C(F)(F)F)N=C2c1ccccc1Cl. The van der Waals surface area contributed by atoms with Gasteiger partial charge in [0.2, 0.25) is 0 Å². The lowest BCUT2D eigenvalue weighted by molar-refractivity contribution is -0.383. The summed E-state index contributed by atoms with van der Waals surface area (Å²) in [5.41, 5.74) is -1.09. The monoisotopic (exact) mass is 407 g/mol. The molecule has 1 aromatic heterocycles. The molecule has 0 unspecified atom stereocenters. The number of rotatable bonds is 2. The van der Waals surface area contributed by atoms with Crippen molar-refractivity contribution in [2.75, 3.05) is 5.32 Å². The van der Waals surface area contributed by atoms with Crippen LogP contribution < -0.4 is 5.32 Å². The molecule has 0 atom stereocenters. The summed E-state index contributed by atoms with van der Waals surface area (Å²) in [4.78, 5) is 14.6. The average molecular weight is 408 g/mol. The number of aromatic amines is 1. The van der Waals surface area contributed by atoms with Gasteiger partial charge in [0, 0.05) is 28.4 Å². The zero-order valence-electron chi connectivity index (χ0n) is 13.7. The first kappa shape index (κ1) is 18.0. The van der Waals surface area contributed by atoms with Crippen LogP contribution in [-0.2, 0) is 0 Å². The summed E-state index contributed by atoms with van der Waals surface area (Å²) in [6, 6.07) is 7.35. The first-order chi connectivity index (χ1) is 13.3. The van der Waals surface area contributed by atoms with Gasteiger partial charge in [0.25, 0.3) is 5.69 Å². The summed E-state index contributed by atoms with van der Waals surface area (Å²) in [5, 5.41) is 20.8. The molecule has 1 aliphatic rings. The number of non-ortho nitro benzene ring substituents is 1. The van der Waals surface area contributed by atoms with E-state index in [0.29, 0.717) is 6.20 Å². The number of hydrogen-bond acceptors (Lipinski definition) is 5. The van der Waals surface area contributed by atoms with Crippen LogP contribution in [0.15, 0.2) is 53.4 Å². The number of hydrogen-bond donors (Lipinski definition) is 2. The maximum absolute atomic E-state index is 13.4. The number of nitro groups is 1. The van der Waals surface area contributed by atoms with Gasteiger partial charge in [0.15, 0.2) is 5.70 Å². The summed E-state index contributed by atoms with van der Waals surface area (Å²) in [7, 11) is 0. The fourth-order valence-electron chi connectivity index (χ4n) is 2.94. The van der Waals surface area contributed by atoms with Crippen LogP contribution in [0.3, 0.4) is 0 Å². The molecular formula is C17H9ClF3N5O2. The van der Waals surface area contributed by atoms with Crippen LogP contribution in [0, 0.1) is 10.1 Å². The Labute approximate surface area is 159 Å². The molecule has 2 N–H and O–H groups in total. The Bertz CT molecular complexity index is 1180. The smallest absolute Gasteiger partial charge is 0.359 e. The Morgan fingerprint density at radius 3 is 2.61 bits per heavy atom. The Balaban J connectivity index is 2.10. The van der Waals surface area contributed by atoms with E-state index in [-0.39, 0.29) is 44.1 Å². The van der Waals surface area contributed by atoms with E-state index in [4.69, 9.17) is 11.6 Å². The third-order valence-electron chi connectivity index (χ3n) is 4.17. The average Bonchev–Trinajstić information content (AvgIpc) is 3.02. The Hall–Kier alpha value is -3.40. The molecule has 142 valence electrons. The molecular weight excluding hydrogens is 399 g/mol. The standard InChI is InChI=1S/C17H9ClF3N5O2/c18-11-4-2-1-3-8(11)15-9-5-12(26(27)28)16-10(6-23-25-16)14(9)22-7-13(24-15)17(19,20)21/h1-7,22H,(H,23,25). The number of nitrogens with one attached hydrogen (secondary N) is 2. The highest BCUT2D eigenvalue weighted by Crippen LogP contribution is 2.39. The third kappa shape index (κ3) is 2.87. The molecule has 0 spiro atoms. The molecule has 1 aliphatic heterocycles. The number of benzene rings is 2. The molecule has 0 saturated carbocycles. The second-order valence-corrected chi connectivity index (χ2v) is 6.25. The number of anilines is 1. The first-order valence-electron chi connectivity index (χ1n) is 7.79. The van der Waals surface area contributed by atoms with E-state index in [2.05, 4.69) is 20.5 Å². The molecule has 2 aromatic carbocycles. The van der Waals surface area contributed by atoms with Crippen LogP contribution in [-0.4, -0.2) is 27.0 Å². The second kappa shape index (κ2) is 6.34. The molecule has 0 radical (unpaired) electrons. The number of aromatic nitrogens is 2. The van der Waals surface area contributed by atoms with Gasteiger partial charge in [-0.25, -0.2) is 4.99 Å². The van der Waals surface area contributed by atoms with Crippen molar-refractivity contribution in [3.05, 3.63) is 74.7 Å². The van der Waals surface area contributed by atoms with Crippen molar-refractivity contribution in [2.45, 2.75) is 6.18 Å². The molecule has 0 fully saturated rings. The van der Waals surface area contributed by atoms with E-state index in [0.717, 1.165) is 6.07 Å². The second-order valence-electron chi connectivity index (χ2n) is 5.85. The van der Waals surface area contributed by atoms with Crippen molar-refractivity contribution in [3.63, 3.8) is 0 Å². The first-order valence-corrected chi connectivity index (χ1v) is 8.17. The topological polar surface area (TPSA) is 96.2 Å². The van der Waals surface area contributed by atoms with Gasteiger partial charge in [-0.05, 0) is 6.07 Å². The number of allylic oxidation sites excluding steroid dienone is 1. The number of nitrogens with zero attached hydrogens (tertiary/aromatic N) is 3. The number of alkyl halides is 3. The van der Waals surface area contributed by atoms with Crippen LogP contribution in [0.4, 0.5) is 24.5 Å². The zero-order valence-corrected chi connectivity index (χ0v) is 14.5. The van der Waals surface area contributed by atoms with Crippen LogP contribution in [0.2, 0.25) is 5.02 Å². The maximum atomic E-state index is 13.4. The fraction of sp³-hybridized carbons (Fsp3) is 0.0588. The number of halogens is 4. The Kier molecular flexibility index (Phi) is 4.07. The maximum Gasteiger partial charge on any atom is 0.434 e. The number of nitro benzene ring substituents is 1. The lowest BCUT2D eigenvalue weighted by Crippen LogP contribution is -2.13. The molecule has 0 bridgehead atoms. The number of H-pyrrole nitrogens is 1. The minimum Gasteiger partial charge on any atom is -0.359 e. The van der Waals surface area contributed by atoms with Crippen molar-refractivity contribution in [1.82, 2.24) is 10.2 Å². The van der Waals surface area contributed by atoms with Gasteiger partial charge < -0.3 is 5.32 Å². The van der Waals surface area contributed by atoms with E-state index in [1.807, 2.05) is 0 Å². The van der Waals surface area contributed by atoms with Crippen molar-refractivity contribution < 1.29 is 18.1 Å². The van der Waals surface area contributed by atoms with E-state index < -0.39 is 16.8 Å². The summed E-state index contributed by atoms with van der Waals surface area (Å²) >= 11 is 6.18. The highest BCUT2D eigenvalue weighted by molar-refractivity contribution is 6.36. The molecule has 0 saturated heterocycles. The largest absolute Gasteiger partial charge is 0.434 e. The van der Waals surface area contributed by atoms with Crippen molar-refractivity contribution >= 4 is 39.6 Å². The molecule has 0 amide bonds. The predicted molar refractivity (Wildman–Crippen MR) is 97.6 cm³/mol. The zero-order chi connectivity index (χ0) is 20.1. The minimum absolute atomic E-state index is 0.0821. The quantitative estimate of drug-likeness (QED) is 0.471. The molecule has 28 heavy (non-hydrogen) atoms. The Morgan fingerprint density at radius 2 is 1.93 bits per heavy atom. The molecule has 3 aromatic rings. The number of fused-ring (bicyclic) bond motifs is 3. The minimum atomic E-state index is -4.75. The third-order valence-corrected chi connectivity index (χ3v) is 4.50. The van der Waals surface area contributed by atoms with Crippen LogP contribution in [0.1, 0.15) is 11.1 Å². The van der Waals surface area contributed by atoms with Gasteiger partial charge in [-0.2, -0.15) is 18.3 Å². The molecule has 0 aliphatic carbocycles. The fourth-order valence-corrected chi connectivity index (χ4v) is 3.17. The van der Waals surface area contributed by atoms with Crippen molar-refractivity contribution in [1.29, 1.82) is 0 Å². The molecule has 11 heteroatoms. The Morgan fingerprint density at radius 1 is 1.18 bits per heavy atom. The lowest BCUT2D eigenvalue weighted by atomic mass is 9.97.